The number of methoxy groups -OCH3 is 2. The molecule has 0 saturated carbocycles. The van der Waals surface area contributed by atoms with Crippen LogP contribution in [0, 0.1) is 5.82 Å². The van der Waals surface area contributed by atoms with Crippen LogP contribution in [0.15, 0.2) is 47.5 Å². The van der Waals surface area contributed by atoms with Gasteiger partial charge in [0.05, 0.1) is 19.9 Å². The van der Waals surface area contributed by atoms with Crippen LogP contribution in [0.5, 0.6) is 11.5 Å². The molecule has 1 aliphatic rings. The predicted octanol–water partition coefficient (Wildman–Crippen LogP) is 3.34. The minimum atomic E-state index is -0.142. The van der Waals surface area contributed by atoms with Gasteiger partial charge in [0.25, 0.3) is 0 Å². The first-order valence-corrected chi connectivity index (χ1v) is 11.0. The maximum Gasteiger partial charge on any atom is 0.191 e. The monoisotopic (exact) mass is 571 g/mol. The molecule has 0 aromatic heterocycles. The number of aliphatic imine (C=N–C) groups is 1. The van der Waals surface area contributed by atoms with Gasteiger partial charge in [0, 0.05) is 46.3 Å². The van der Waals surface area contributed by atoms with Gasteiger partial charge in [0.15, 0.2) is 17.5 Å². The maximum absolute atomic E-state index is 14.0. The molecule has 9 heteroatoms. The van der Waals surface area contributed by atoms with Gasteiger partial charge in [-0.05, 0) is 42.8 Å². The summed E-state index contributed by atoms with van der Waals surface area (Å²) in [7, 11) is 5.03. The lowest BCUT2D eigenvalue weighted by Gasteiger charge is -2.36. The first kappa shape index (κ1) is 27.0. The molecule has 182 valence electrons. The van der Waals surface area contributed by atoms with Crippen LogP contribution < -0.4 is 25.0 Å². The highest BCUT2D eigenvalue weighted by Gasteiger charge is 2.18. The summed E-state index contributed by atoms with van der Waals surface area (Å²) in [6.07, 6.45) is 1.01. The minimum Gasteiger partial charge on any atom is -0.493 e. The smallest absolute Gasteiger partial charge is 0.191 e. The molecule has 33 heavy (non-hydrogen) atoms. The number of hydrogen-bond acceptors (Lipinski definition) is 5. The van der Waals surface area contributed by atoms with E-state index in [1.165, 1.54) is 6.07 Å². The number of piperazine rings is 1. The fourth-order valence-electron chi connectivity index (χ4n) is 3.83. The van der Waals surface area contributed by atoms with Gasteiger partial charge in [0.1, 0.15) is 5.82 Å². The summed E-state index contributed by atoms with van der Waals surface area (Å²) in [4.78, 5) is 8.86. The molecule has 2 aromatic carbocycles. The van der Waals surface area contributed by atoms with Crippen LogP contribution in [0.4, 0.5) is 10.1 Å². The lowest BCUT2D eigenvalue weighted by molar-refractivity contribution is 0.254. The Kier molecular flexibility index (Phi) is 11.5. The summed E-state index contributed by atoms with van der Waals surface area (Å²) < 4.78 is 24.6. The highest BCUT2D eigenvalue weighted by atomic mass is 127. The third kappa shape index (κ3) is 7.92. The number of guanidine groups is 1. The van der Waals surface area contributed by atoms with Crippen molar-refractivity contribution in [2.45, 2.75) is 13.0 Å². The number of para-hydroxylation sites is 1. The van der Waals surface area contributed by atoms with E-state index in [-0.39, 0.29) is 29.8 Å². The fourth-order valence-corrected chi connectivity index (χ4v) is 3.83. The van der Waals surface area contributed by atoms with E-state index in [2.05, 4.69) is 25.4 Å². The summed E-state index contributed by atoms with van der Waals surface area (Å²) in [6.45, 7) is 6.06. The first-order chi connectivity index (χ1) is 15.6. The van der Waals surface area contributed by atoms with E-state index >= 15 is 0 Å². The standard InChI is InChI=1S/C24H34FN5O2.HI/c1-26-24(28-18-19-9-10-22(31-2)23(17-19)32-3)27-11-6-12-29-13-15-30(16-14-29)21-8-5-4-7-20(21)25;/h4-5,7-10,17H,6,11-16,18H2,1-3H3,(H2,26,27,28);1H. The molecule has 0 spiro atoms. The van der Waals surface area contributed by atoms with Crippen molar-refractivity contribution in [3.63, 3.8) is 0 Å². The summed E-state index contributed by atoms with van der Waals surface area (Å²) in [6, 6.07) is 12.9. The van der Waals surface area contributed by atoms with E-state index < -0.39 is 0 Å². The second kappa shape index (κ2) is 14.1. The first-order valence-electron chi connectivity index (χ1n) is 11.0. The molecule has 2 aromatic rings. The van der Waals surface area contributed by atoms with E-state index in [9.17, 15) is 4.39 Å². The zero-order chi connectivity index (χ0) is 22.8. The van der Waals surface area contributed by atoms with Gasteiger partial charge in [-0.1, -0.05) is 18.2 Å². The zero-order valence-electron chi connectivity index (χ0n) is 19.6. The van der Waals surface area contributed by atoms with E-state index in [0.29, 0.717) is 23.7 Å². The minimum absolute atomic E-state index is 0. The molecule has 0 radical (unpaired) electrons. The largest absolute Gasteiger partial charge is 0.493 e. The fraction of sp³-hybridized carbons (Fsp3) is 0.458. The molecule has 0 amide bonds. The average Bonchev–Trinajstić information content (AvgIpc) is 2.84. The van der Waals surface area contributed by atoms with E-state index in [1.54, 1.807) is 27.3 Å². The van der Waals surface area contributed by atoms with Crippen molar-refractivity contribution in [2.24, 2.45) is 4.99 Å². The van der Waals surface area contributed by atoms with Gasteiger partial charge < -0.3 is 25.0 Å². The van der Waals surface area contributed by atoms with Crippen LogP contribution in [-0.4, -0.2) is 71.4 Å². The number of hydrogen-bond donors (Lipinski definition) is 2. The quantitative estimate of drug-likeness (QED) is 0.209. The predicted molar refractivity (Wildman–Crippen MR) is 143 cm³/mol. The number of ether oxygens (including phenoxy) is 2. The Morgan fingerprint density at radius 3 is 2.39 bits per heavy atom. The number of anilines is 1. The summed E-state index contributed by atoms with van der Waals surface area (Å²) >= 11 is 0. The molecule has 0 unspecified atom stereocenters. The average molecular weight is 571 g/mol. The van der Waals surface area contributed by atoms with Gasteiger partial charge in [-0.3, -0.25) is 9.89 Å². The summed E-state index contributed by atoms with van der Waals surface area (Å²) in [5, 5.41) is 6.70. The van der Waals surface area contributed by atoms with Crippen molar-refractivity contribution < 1.29 is 13.9 Å². The Labute approximate surface area is 213 Å². The second-order valence-electron chi connectivity index (χ2n) is 7.68. The van der Waals surface area contributed by atoms with Crippen molar-refractivity contribution in [3.8, 4) is 11.5 Å². The number of nitrogens with zero attached hydrogens (tertiary/aromatic N) is 3. The van der Waals surface area contributed by atoms with Crippen molar-refractivity contribution in [1.82, 2.24) is 15.5 Å². The lowest BCUT2D eigenvalue weighted by Crippen LogP contribution is -2.47. The van der Waals surface area contributed by atoms with Crippen LogP contribution in [-0.2, 0) is 6.54 Å². The molecule has 0 bridgehead atoms. The summed E-state index contributed by atoms with van der Waals surface area (Å²) in [5.74, 6) is 2.06. The Morgan fingerprint density at radius 2 is 1.73 bits per heavy atom. The van der Waals surface area contributed by atoms with Crippen LogP contribution in [0.2, 0.25) is 0 Å². The van der Waals surface area contributed by atoms with Gasteiger partial charge in [0.2, 0.25) is 0 Å². The van der Waals surface area contributed by atoms with Crippen molar-refractivity contribution >= 4 is 35.6 Å². The van der Waals surface area contributed by atoms with Gasteiger partial charge >= 0.3 is 0 Å². The Hall–Kier alpha value is -2.27. The van der Waals surface area contributed by atoms with Crippen LogP contribution in [0.1, 0.15) is 12.0 Å². The lowest BCUT2D eigenvalue weighted by atomic mass is 10.2. The molecule has 1 aliphatic heterocycles. The Bertz CT molecular complexity index is 891. The highest BCUT2D eigenvalue weighted by molar-refractivity contribution is 14.0. The number of nitrogens with one attached hydrogen (secondary N) is 2. The second-order valence-corrected chi connectivity index (χ2v) is 7.68. The van der Waals surface area contributed by atoms with Crippen LogP contribution in [0.25, 0.3) is 0 Å². The molecule has 0 atom stereocenters. The molecule has 3 rings (SSSR count). The molecule has 0 aliphatic carbocycles. The van der Waals surface area contributed by atoms with Crippen molar-refractivity contribution in [2.75, 3.05) is 65.4 Å². The zero-order valence-corrected chi connectivity index (χ0v) is 22.0. The van der Waals surface area contributed by atoms with Crippen molar-refractivity contribution in [3.05, 3.63) is 53.8 Å². The van der Waals surface area contributed by atoms with Gasteiger partial charge in [-0.15, -0.1) is 24.0 Å². The number of benzene rings is 2. The molecular formula is C24H35FIN5O2. The molecule has 1 fully saturated rings. The van der Waals surface area contributed by atoms with Gasteiger partial charge in [-0.25, -0.2) is 4.39 Å². The van der Waals surface area contributed by atoms with Gasteiger partial charge in [-0.2, -0.15) is 0 Å². The summed E-state index contributed by atoms with van der Waals surface area (Å²) in [5.41, 5.74) is 1.79. The third-order valence-electron chi connectivity index (χ3n) is 5.64. The van der Waals surface area contributed by atoms with E-state index in [4.69, 9.17) is 9.47 Å². The van der Waals surface area contributed by atoms with E-state index in [0.717, 1.165) is 57.2 Å². The number of rotatable bonds is 9. The maximum atomic E-state index is 14.0. The van der Waals surface area contributed by atoms with Crippen LogP contribution >= 0.6 is 24.0 Å². The molecule has 1 saturated heterocycles. The van der Waals surface area contributed by atoms with E-state index in [1.807, 2.05) is 30.3 Å². The topological polar surface area (TPSA) is 61.4 Å². The SMILES string of the molecule is CN=C(NCCCN1CCN(c2ccccc2F)CC1)NCc1ccc(OC)c(OC)c1.I. The molecule has 2 N–H and O–H groups in total. The Balaban J connectivity index is 0.00000385. The number of halogens is 2. The highest BCUT2D eigenvalue weighted by Crippen LogP contribution is 2.27. The van der Waals surface area contributed by atoms with Crippen molar-refractivity contribution in [1.29, 1.82) is 0 Å². The normalized spacial score (nSPS) is 14.4. The molecule has 1 heterocycles. The molecule has 7 nitrogen and oxygen atoms in total. The molecular weight excluding hydrogens is 536 g/mol. The third-order valence-corrected chi connectivity index (χ3v) is 5.64. The Morgan fingerprint density at radius 1 is 1.00 bits per heavy atom. The van der Waals surface area contributed by atoms with Crippen LogP contribution in [0.3, 0.4) is 0 Å².